The second kappa shape index (κ2) is 5.14. The Bertz CT molecular complexity index is 520. The maximum atomic E-state index is 6.11. The standard InChI is InChI=1S/C12H17N5O/c1-8-6-9(17(2)16-8)7-10(13)11-4-5-12(18-3)15-14-11/h4-6,10H,7,13H2,1-3H3. The fourth-order valence-electron chi connectivity index (χ4n) is 1.82. The molecule has 2 aromatic rings. The molecule has 6 nitrogen and oxygen atoms in total. The molecule has 0 aliphatic rings. The summed E-state index contributed by atoms with van der Waals surface area (Å²) in [6.07, 6.45) is 0.679. The van der Waals surface area contributed by atoms with Gasteiger partial charge in [-0.05, 0) is 19.1 Å². The van der Waals surface area contributed by atoms with E-state index in [0.29, 0.717) is 12.3 Å². The molecule has 96 valence electrons. The average molecular weight is 247 g/mol. The largest absolute Gasteiger partial charge is 0.480 e. The van der Waals surface area contributed by atoms with E-state index in [2.05, 4.69) is 15.3 Å². The number of ether oxygens (including phenoxy) is 1. The van der Waals surface area contributed by atoms with E-state index in [0.717, 1.165) is 17.1 Å². The molecular weight excluding hydrogens is 230 g/mol. The first-order chi connectivity index (χ1) is 8.60. The number of aromatic nitrogens is 4. The number of hydrogen-bond acceptors (Lipinski definition) is 5. The number of aryl methyl sites for hydroxylation is 2. The van der Waals surface area contributed by atoms with Gasteiger partial charge >= 0.3 is 0 Å². The lowest BCUT2D eigenvalue weighted by molar-refractivity contribution is 0.390. The van der Waals surface area contributed by atoms with Gasteiger partial charge in [-0.3, -0.25) is 4.68 Å². The minimum absolute atomic E-state index is 0.196. The van der Waals surface area contributed by atoms with Gasteiger partial charge in [0.25, 0.3) is 0 Å². The first-order valence-corrected chi connectivity index (χ1v) is 5.73. The minimum Gasteiger partial charge on any atom is -0.480 e. The van der Waals surface area contributed by atoms with Crippen molar-refractivity contribution in [2.45, 2.75) is 19.4 Å². The van der Waals surface area contributed by atoms with E-state index in [-0.39, 0.29) is 6.04 Å². The summed E-state index contributed by atoms with van der Waals surface area (Å²) in [7, 11) is 3.47. The molecule has 2 rings (SSSR count). The third-order valence-corrected chi connectivity index (χ3v) is 2.78. The Kier molecular flexibility index (Phi) is 3.57. The molecule has 2 N–H and O–H groups in total. The van der Waals surface area contributed by atoms with Crippen LogP contribution in [0.3, 0.4) is 0 Å². The molecular formula is C12H17N5O. The predicted molar refractivity (Wildman–Crippen MR) is 67.2 cm³/mol. The zero-order valence-corrected chi connectivity index (χ0v) is 10.8. The minimum atomic E-state index is -0.196. The maximum absolute atomic E-state index is 6.11. The first-order valence-electron chi connectivity index (χ1n) is 5.73. The molecule has 18 heavy (non-hydrogen) atoms. The lowest BCUT2D eigenvalue weighted by Crippen LogP contribution is -2.17. The lowest BCUT2D eigenvalue weighted by Gasteiger charge is -2.10. The van der Waals surface area contributed by atoms with Gasteiger partial charge in [0.15, 0.2) is 0 Å². The molecule has 0 aliphatic carbocycles. The lowest BCUT2D eigenvalue weighted by atomic mass is 10.1. The van der Waals surface area contributed by atoms with Crippen molar-refractivity contribution in [2.24, 2.45) is 12.8 Å². The van der Waals surface area contributed by atoms with E-state index in [4.69, 9.17) is 10.5 Å². The van der Waals surface area contributed by atoms with Crippen LogP contribution in [0.2, 0.25) is 0 Å². The number of nitrogens with two attached hydrogens (primary N) is 1. The third-order valence-electron chi connectivity index (χ3n) is 2.78. The summed E-state index contributed by atoms with van der Waals surface area (Å²) in [6, 6.07) is 5.42. The van der Waals surface area contributed by atoms with E-state index in [1.165, 1.54) is 0 Å². The molecule has 2 aromatic heterocycles. The SMILES string of the molecule is COc1ccc(C(N)Cc2cc(C)nn2C)nn1. The highest BCUT2D eigenvalue weighted by atomic mass is 16.5. The molecule has 0 aliphatic heterocycles. The Morgan fingerprint density at radius 1 is 1.39 bits per heavy atom. The fraction of sp³-hybridized carbons (Fsp3) is 0.417. The molecule has 2 heterocycles. The third kappa shape index (κ3) is 2.65. The number of hydrogen-bond donors (Lipinski definition) is 1. The summed E-state index contributed by atoms with van der Waals surface area (Å²) in [5, 5.41) is 12.3. The van der Waals surface area contributed by atoms with E-state index in [1.807, 2.05) is 30.8 Å². The van der Waals surface area contributed by atoms with Crippen LogP contribution in [0.15, 0.2) is 18.2 Å². The smallest absolute Gasteiger partial charge is 0.233 e. The van der Waals surface area contributed by atoms with E-state index in [1.54, 1.807) is 13.2 Å². The van der Waals surface area contributed by atoms with Gasteiger partial charge in [0, 0.05) is 25.2 Å². The predicted octanol–water partition coefficient (Wildman–Crippen LogP) is 0.770. The van der Waals surface area contributed by atoms with Gasteiger partial charge in [0.05, 0.1) is 24.5 Å². The van der Waals surface area contributed by atoms with Crippen molar-refractivity contribution in [3.8, 4) is 5.88 Å². The zero-order valence-electron chi connectivity index (χ0n) is 10.8. The van der Waals surface area contributed by atoms with Gasteiger partial charge in [-0.1, -0.05) is 0 Å². The normalized spacial score (nSPS) is 12.4. The monoisotopic (exact) mass is 247 g/mol. The van der Waals surface area contributed by atoms with Crippen molar-refractivity contribution in [3.63, 3.8) is 0 Å². The van der Waals surface area contributed by atoms with Crippen molar-refractivity contribution >= 4 is 0 Å². The molecule has 0 amide bonds. The molecule has 1 atom stereocenters. The Morgan fingerprint density at radius 3 is 2.67 bits per heavy atom. The number of nitrogens with zero attached hydrogens (tertiary/aromatic N) is 4. The van der Waals surface area contributed by atoms with Crippen molar-refractivity contribution in [1.29, 1.82) is 0 Å². The molecule has 0 radical (unpaired) electrons. The summed E-state index contributed by atoms with van der Waals surface area (Å²) in [5.41, 5.74) is 8.93. The van der Waals surface area contributed by atoms with E-state index < -0.39 is 0 Å². The van der Waals surface area contributed by atoms with Crippen LogP contribution in [0.25, 0.3) is 0 Å². The summed E-state index contributed by atoms with van der Waals surface area (Å²) in [6.45, 7) is 1.96. The van der Waals surface area contributed by atoms with Gasteiger partial charge in [0.1, 0.15) is 0 Å². The molecule has 6 heteroatoms. The molecule has 0 spiro atoms. The molecule has 1 unspecified atom stereocenters. The van der Waals surface area contributed by atoms with Gasteiger partial charge in [-0.2, -0.15) is 10.2 Å². The van der Waals surface area contributed by atoms with Crippen LogP contribution in [-0.4, -0.2) is 27.1 Å². The Morgan fingerprint density at radius 2 is 2.17 bits per heavy atom. The Labute approximate surface area is 106 Å². The van der Waals surface area contributed by atoms with Crippen LogP contribution in [0.5, 0.6) is 5.88 Å². The van der Waals surface area contributed by atoms with E-state index >= 15 is 0 Å². The topological polar surface area (TPSA) is 78.9 Å². The average Bonchev–Trinajstić information content (AvgIpc) is 2.68. The first kappa shape index (κ1) is 12.5. The van der Waals surface area contributed by atoms with Crippen LogP contribution in [-0.2, 0) is 13.5 Å². The highest BCUT2D eigenvalue weighted by molar-refractivity contribution is 5.17. The molecule has 0 saturated heterocycles. The van der Waals surface area contributed by atoms with E-state index in [9.17, 15) is 0 Å². The highest BCUT2D eigenvalue weighted by Gasteiger charge is 2.12. The van der Waals surface area contributed by atoms with Gasteiger partial charge in [-0.25, -0.2) is 0 Å². The number of rotatable bonds is 4. The summed E-state index contributed by atoms with van der Waals surface area (Å²) in [4.78, 5) is 0. The maximum Gasteiger partial charge on any atom is 0.233 e. The fourth-order valence-corrected chi connectivity index (χ4v) is 1.82. The second-order valence-electron chi connectivity index (χ2n) is 4.21. The van der Waals surface area contributed by atoms with Crippen molar-refractivity contribution in [2.75, 3.05) is 7.11 Å². The van der Waals surface area contributed by atoms with Crippen LogP contribution in [0.4, 0.5) is 0 Å². The van der Waals surface area contributed by atoms with Gasteiger partial charge < -0.3 is 10.5 Å². The molecule has 0 aromatic carbocycles. The summed E-state index contributed by atoms with van der Waals surface area (Å²) < 4.78 is 6.80. The van der Waals surface area contributed by atoms with Gasteiger partial charge in [-0.15, -0.1) is 5.10 Å². The highest BCUT2D eigenvalue weighted by Crippen LogP contribution is 2.15. The molecule has 0 bridgehead atoms. The quantitative estimate of drug-likeness (QED) is 0.863. The van der Waals surface area contributed by atoms with Crippen molar-refractivity contribution in [1.82, 2.24) is 20.0 Å². The summed E-state index contributed by atoms with van der Waals surface area (Å²) in [5.74, 6) is 0.488. The Balaban J connectivity index is 2.11. The number of methoxy groups -OCH3 is 1. The van der Waals surface area contributed by atoms with Crippen LogP contribution >= 0.6 is 0 Å². The van der Waals surface area contributed by atoms with Crippen molar-refractivity contribution < 1.29 is 4.74 Å². The van der Waals surface area contributed by atoms with Crippen LogP contribution < -0.4 is 10.5 Å². The molecule has 0 fully saturated rings. The second-order valence-corrected chi connectivity index (χ2v) is 4.21. The summed E-state index contributed by atoms with van der Waals surface area (Å²) >= 11 is 0. The van der Waals surface area contributed by atoms with Crippen LogP contribution in [0.1, 0.15) is 23.1 Å². The van der Waals surface area contributed by atoms with Gasteiger partial charge in [0.2, 0.25) is 5.88 Å². The van der Waals surface area contributed by atoms with Crippen LogP contribution in [0, 0.1) is 6.92 Å². The Hall–Kier alpha value is -1.95. The zero-order chi connectivity index (χ0) is 13.1. The van der Waals surface area contributed by atoms with Crippen molar-refractivity contribution in [3.05, 3.63) is 35.3 Å². The molecule has 0 saturated carbocycles.